The fourth-order valence-corrected chi connectivity index (χ4v) is 1.86. The predicted molar refractivity (Wildman–Crippen MR) is 64.9 cm³/mol. The fourth-order valence-electron chi connectivity index (χ4n) is 1.86. The molecular formula is C13H22N2. The second kappa shape index (κ2) is 6.57. The Kier molecular flexibility index (Phi) is 5.33. The van der Waals surface area contributed by atoms with Crippen molar-refractivity contribution >= 4 is 0 Å². The Morgan fingerprint density at radius 3 is 2.80 bits per heavy atom. The van der Waals surface area contributed by atoms with Crippen molar-refractivity contribution in [3.05, 3.63) is 29.6 Å². The van der Waals surface area contributed by atoms with Crippen molar-refractivity contribution in [2.24, 2.45) is 0 Å². The SMILES string of the molecule is CCCCCC(NC)c1ccnc(C)c1. The first-order chi connectivity index (χ1) is 7.27. The maximum absolute atomic E-state index is 4.23. The summed E-state index contributed by atoms with van der Waals surface area (Å²) in [4.78, 5) is 4.23. The topological polar surface area (TPSA) is 24.9 Å². The maximum atomic E-state index is 4.23. The molecule has 0 aliphatic rings. The molecule has 2 heteroatoms. The Hall–Kier alpha value is -0.890. The molecule has 0 aliphatic carbocycles. The second-order valence-corrected chi connectivity index (χ2v) is 4.07. The van der Waals surface area contributed by atoms with Gasteiger partial charge in [0.1, 0.15) is 0 Å². The van der Waals surface area contributed by atoms with Crippen molar-refractivity contribution in [1.82, 2.24) is 10.3 Å². The van der Waals surface area contributed by atoms with Crippen LogP contribution in [0.25, 0.3) is 0 Å². The minimum Gasteiger partial charge on any atom is -0.313 e. The third-order valence-corrected chi connectivity index (χ3v) is 2.77. The first-order valence-electron chi connectivity index (χ1n) is 5.87. The largest absolute Gasteiger partial charge is 0.313 e. The molecule has 0 spiro atoms. The monoisotopic (exact) mass is 206 g/mol. The molecular weight excluding hydrogens is 184 g/mol. The Morgan fingerprint density at radius 2 is 2.20 bits per heavy atom. The lowest BCUT2D eigenvalue weighted by Crippen LogP contribution is -2.16. The summed E-state index contributed by atoms with van der Waals surface area (Å²) in [5.41, 5.74) is 2.46. The van der Waals surface area contributed by atoms with E-state index in [1.54, 1.807) is 0 Å². The van der Waals surface area contributed by atoms with Crippen LogP contribution >= 0.6 is 0 Å². The van der Waals surface area contributed by atoms with E-state index in [1.807, 2.05) is 20.2 Å². The van der Waals surface area contributed by atoms with Gasteiger partial charge in [-0.1, -0.05) is 26.2 Å². The number of pyridine rings is 1. The van der Waals surface area contributed by atoms with Crippen LogP contribution in [0.3, 0.4) is 0 Å². The van der Waals surface area contributed by atoms with Gasteiger partial charge in [0, 0.05) is 17.9 Å². The van der Waals surface area contributed by atoms with E-state index in [1.165, 1.54) is 31.2 Å². The summed E-state index contributed by atoms with van der Waals surface area (Å²) in [5.74, 6) is 0. The molecule has 1 N–H and O–H groups in total. The van der Waals surface area contributed by atoms with Gasteiger partial charge < -0.3 is 5.32 Å². The molecule has 0 saturated carbocycles. The standard InChI is InChI=1S/C13H22N2/c1-4-5-6-7-13(14-3)12-8-9-15-11(2)10-12/h8-10,13-14H,4-7H2,1-3H3. The lowest BCUT2D eigenvalue weighted by atomic mass is 10.0. The minimum absolute atomic E-state index is 0.484. The third kappa shape index (κ3) is 4.00. The van der Waals surface area contributed by atoms with Crippen molar-refractivity contribution < 1.29 is 0 Å². The zero-order valence-corrected chi connectivity index (χ0v) is 10.1. The van der Waals surface area contributed by atoms with Gasteiger partial charge in [-0.25, -0.2) is 0 Å². The van der Waals surface area contributed by atoms with Crippen LogP contribution in [0.5, 0.6) is 0 Å². The highest BCUT2D eigenvalue weighted by Crippen LogP contribution is 2.19. The maximum Gasteiger partial charge on any atom is 0.0375 e. The average molecular weight is 206 g/mol. The van der Waals surface area contributed by atoms with Crippen LogP contribution in [0.2, 0.25) is 0 Å². The zero-order valence-electron chi connectivity index (χ0n) is 10.1. The highest BCUT2D eigenvalue weighted by molar-refractivity contribution is 5.19. The molecule has 2 nitrogen and oxygen atoms in total. The van der Waals surface area contributed by atoms with Gasteiger partial charge in [0.15, 0.2) is 0 Å². The van der Waals surface area contributed by atoms with Crippen LogP contribution in [-0.4, -0.2) is 12.0 Å². The number of aryl methyl sites for hydroxylation is 1. The molecule has 0 radical (unpaired) electrons. The van der Waals surface area contributed by atoms with Crippen LogP contribution in [0.4, 0.5) is 0 Å². The Bertz CT molecular complexity index is 284. The van der Waals surface area contributed by atoms with Crippen LogP contribution < -0.4 is 5.32 Å². The second-order valence-electron chi connectivity index (χ2n) is 4.07. The van der Waals surface area contributed by atoms with E-state index in [9.17, 15) is 0 Å². The van der Waals surface area contributed by atoms with Gasteiger partial charge in [-0.05, 0) is 38.1 Å². The molecule has 0 saturated heterocycles. The Labute approximate surface area is 93.1 Å². The number of hydrogen-bond acceptors (Lipinski definition) is 2. The molecule has 0 bridgehead atoms. The number of aromatic nitrogens is 1. The summed E-state index contributed by atoms with van der Waals surface area (Å²) in [6.07, 6.45) is 7.01. The molecule has 1 aromatic heterocycles. The summed E-state index contributed by atoms with van der Waals surface area (Å²) in [7, 11) is 2.03. The number of unbranched alkanes of at least 4 members (excludes halogenated alkanes) is 2. The summed E-state index contributed by atoms with van der Waals surface area (Å²) in [6.45, 7) is 4.28. The van der Waals surface area contributed by atoms with Gasteiger partial charge in [-0.3, -0.25) is 4.98 Å². The van der Waals surface area contributed by atoms with Gasteiger partial charge in [0.2, 0.25) is 0 Å². The highest BCUT2D eigenvalue weighted by Gasteiger charge is 2.08. The molecule has 1 atom stereocenters. The average Bonchev–Trinajstić information content (AvgIpc) is 2.24. The van der Waals surface area contributed by atoms with E-state index in [4.69, 9.17) is 0 Å². The van der Waals surface area contributed by atoms with Crippen molar-refractivity contribution in [2.75, 3.05) is 7.05 Å². The van der Waals surface area contributed by atoms with Gasteiger partial charge in [0.05, 0.1) is 0 Å². The summed E-state index contributed by atoms with van der Waals surface area (Å²) in [5, 5.41) is 3.38. The van der Waals surface area contributed by atoms with Crippen molar-refractivity contribution in [1.29, 1.82) is 0 Å². The summed E-state index contributed by atoms with van der Waals surface area (Å²) < 4.78 is 0. The van der Waals surface area contributed by atoms with E-state index in [2.05, 4.69) is 29.4 Å². The normalized spacial score (nSPS) is 12.7. The van der Waals surface area contributed by atoms with Crippen molar-refractivity contribution in [3.8, 4) is 0 Å². The molecule has 0 amide bonds. The molecule has 1 rings (SSSR count). The summed E-state index contributed by atoms with van der Waals surface area (Å²) in [6, 6.07) is 4.77. The van der Waals surface area contributed by atoms with Crippen LogP contribution in [-0.2, 0) is 0 Å². The van der Waals surface area contributed by atoms with Gasteiger partial charge >= 0.3 is 0 Å². The van der Waals surface area contributed by atoms with Crippen LogP contribution in [0, 0.1) is 6.92 Å². The molecule has 84 valence electrons. The number of rotatable bonds is 6. The minimum atomic E-state index is 0.484. The zero-order chi connectivity index (χ0) is 11.1. The number of hydrogen-bond donors (Lipinski definition) is 1. The van der Waals surface area contributed by atoms with Crippen molar-refractivity contribution in [2.45, 2.75) is 45.6 Å². The number of nitrogens with one attached hydrogen (secondary N) is 1. The van der Waals surface area contributed by atoms with Gasteiger partial charge in [0.25, 0.3) is 0 Å². The smallest absolute Gasteiger partial charge is 0.0375 e. The van der Waals surface area contributed by atoms with E-state index >= 15 is 0 Å². The fraction of sp³-hybridized carbons (Fsp3) is 0.615. The Morgan fingerprint density at radius 1 is 1.40 bits per heavy atom. The highest BCUT2D eigenvalue weighted by atomic mass is 14.9. The molecule has 0 aliphatic heterocycles. The van der Waals surface area contributed by atoms with E-state index < -0.39 is 0 Å². The lowest BCUT2D eigenvalue weighted by molar-refractivity contribution is 0.511. The van der Waals surface area contributed by atoms with Gasteiger partial charge in [-0.2, -0.15) is 0 Å². The lowest BCUT2D eigenvalue weighted by Gasteiger charge is -2.16. The van der Waals surface area contributed by atoms with Gasteiger partial charge in [-0.15, -0.1) is 0 Å². The van der Waals surface area contributed by atoms with Crippen molar-refractivity contribution in [3.63, 3.8) is 0 Å². The first kappa shape index (κ1) is 12.2. The van der Waals surface area contributed by atoms with E-state index in [0.717, 1.165) is 5.69 Å². The third-order valence-electron chi connectivity index (χ3n) is 2.77. The molecule has 1 heterocycles. The molecule has 0 fully saturated rings. The molecule has 0 aromatic carbocycles. The van der Waals surface area contributed by atoms with Crippen LogP contribution in [0.15, 0.2) is 18.3 Å². The molecule has 15 heavy (non-hydrogen) atoms. The van der Waals surface area contributed by atoms with Crippen LogP contribution in [0.1, 0.15) is 49.9 Å². The number of nitrogens with zero attached hydrogens (tertiary/aromatic N) is 1. The molecule has 1 unspecified atom stereocenters. The van der Waals surface area contributed by atoms with E-state index in [-0.39, 0.29) is 0 Å². The quantitative estimate of drug-likeness (QED) is 0.723. The van der Waals surface area contributed by atoms with E-state index in [0.29, 0.717) is 6.04 Å². The first-order valence-corrected chi connectivity index (χ1v) is 5.87. The Balaban J connectivity index is 2.57. The molecule has 1 aromatic rings. The summed E-state index contributed by atoms with van der Waals surface area (Å²) >= 11 is 0. The predicted octanol–water partition coefficient (Wildman–Crippen LogP) is 3.23.